The Morgan fingerprint density at radius 2 is 1.88 bits per heavy atom. The monoisotopic (exact) mass is 437 g/mol. The van der Waals surface area contributed by atoms with E-state index >= 15 is 0 Å². The van der Waals surface area contributed by atoms with Gasteiger partial charge in [-0.15, -0.1) is 0 Å². The van der Waals surface area contributed by atoms with Crippen LogP contribution in [0.4, 0.5) is 16.2 Å². The molecule has 32 heavy (non-hydrogen) atoms. The van der Waals surface area contributed by atoms with E-state index in [0.29, 0.717) is 37.4 Å². The molecule has 2 amide bonds. The molecule has 0 atom stereocenters. The van der Waals surface area contributed by atoms with Crippen LogP contribution in [0.15, 0.2) is 36.5 Å². The zero-order valence-electron chi connectivity index (χ0n) is 18.7. The number of hydrogen-bond donors (Lipinski definition) is 1. The van der Waals surface area contributed by atoms with Crippen LogP contribution in [0.1, 0.15) is 36.7 Å². The number of carbonyl (C=O) groups is 2. The molecule has 0 aliphatic carbocycles. The van der Waals surface area contributed by atoms with Crippen LogP contribution in [0.3, 0.4) is 0 Å². The van der Waals surface area contributed by atoms with Gasteiger partial charge in [0.15, 0.2) is 0 Å². The fraction of sp³-hybridized carbons (Fsp3) is 0.391. The number of anilines is 2. The standard InChI is InChI=1S/C23H27N5O4/c1-23(2,3)32-22(30)28-12-10-27(11-13-28)19-8-7-16(15-24)14-18(19)26-20(29)17-6-5-9-25-21(17)31-4/h5-9,14H,10-13H2,1-4H3,(H,26,29). The third-order valence-electron chi connectivity index (χ3n) is 4.86. The van der Waals surface area contributed by atoms with E-state index < -0.39 is 11.5 Å². The predicted octanol–water partition coefficient (Wildman–Crippen LogP) is 3.27. The Kier molecular flexibility index (Phi) is 6.83. The fourth-order valence-electron chi connectivity index (χ4n) is 3.35. The van der Waals surface area contributed by atoms with Crippen LogP contribution < -0.4 is 15.0 Å². The van der Waals surface area contributed by atoms with Gasteiger partial charge in [-0.1, -0.05) is 0 Å². The highest BCUT2D eigenvalue weighted by atomic mass is 16.6. The quantitative estimate of drug-likeness (QED) is 0.782. The normalized spacial score (nSPS) is 13.8. The zero-order valence-corrected chi connectivity index (χ0v) is 18.7. The second kappa shape index (κ2) is 9.56. The van der Waals surface area contributed by atoms with E-state index in [1.807, 2.05) is 20.8 Å². The SMILES string of the molecule is COc1ncccc1C(=O)Nc1cc(C#N)ccc1N1CCN(C(=O)OC(C)(C)C)CC1. The van der Waals surface area contributed by atoms with Crippen molar-refractivity contribution in [2.75, 3.05) is 43.5 Å². The number of methoxy groups -OCH3 is 1. The van der Waals surface area contributed by atoms with Gasteiger partial charge >= 0.3 is 6.09 Å². The average Bonchev–Trinajstić information content (AvgIpc) is 2.78. The van der Waals surface area contributed by atoms with Crippen LogP contribution in [0, 0.1) is 11.3 Å². The second-order valence-electron chi connectivity index (χ2n) is 8.31. The van der Waals surface area contributed by atoms with Crippen molar-refractivity contribution in [3.8, 4) is 11.9 Å². The summed E-state index contributed by atoms with van der Waals surface area (Å²) >= 11 is 0. The van der Waals surface area contributed by atoms with Gasteiger partial charge in [0.05, 0.1) is 30.1 Å². The molecule has 1 aromatic heterocycles. The lowest BCUT2D eigenvalue weighted by atomic mass is 10.1. The van der Waals surface area contributed by atoms with E-state index in [9.17, 15) is 14.9 Å². The van der Waals surface area contributed by atoms with E-state index in [0.717, 1.165) is 5.69 Å². The van der Waals surface area contributed by atoms with Gasteiger partial charge < -0.3 is 24.6 Å². The van der Waals surface area contributed by atoms with Gasteiger partial charge in [-0.3, -0.25) is 4.79 Å². The summed E-state index contributed by atoms with van der Waals surface area (Å²) in [5.74, 6) is -0.173. The Morgan fingerprint density at radius 3 is 2.50 bits per heavy atom. The van der Waals surface area contributed by atoms with E-state index in [1.165, 1.54) is 7.11 Å². The maximum absolute atomic E-state index is 12.9. The smallest absolute Gasteiger partial charge is 0.410 e. The Morgan fingerprint density at radius 1 is 1.16 bits per heavy atom. The number of nitrogens with zero attached hydrogens (tertiary/aromatic N) is 4. The summed E-state index contributed by atoms with van der Waals surface area (Å²) in [7, 11) is 1.45. The maximum Gasteiger partial charge on any atom is 0.410 e. The topological polar surface area (TPSA) is 108 Å². The van der Waals surface area contributed by atoms with E-state index in [4.69, 9.17) is 9.47 Å². The van der Waals surface area contributed by atoms with Crippen LogP contribution in [0.2, 0.25) is 0 Å². The lowest BCUT2D eigenvalue weighted by Crippen LogP contribution is -2.50. The summed E-state index contributed by atoms with van der Waals surface area (Å²) in [5.41, 5.74) is 1.44. The van der Waals surface area contributed by atoms with Crippen LogP contribution in [0.25, 0.3) is 0 Å². The predicted molar refractivity (Wildman–Crippen MR) is 120 cm³/mol. The summed E-state index contributed by atoms with van der Waals surface area (Å²) < 4.78 is 10.6. The zero-order chi connectivity index (χ0) is 23.3. The Bertz CT molecular complexity index is 1030. The molecule has 1 aliphatic rings. The molecule has 2 heterocycles. The largest absolute Gasteiger partial charge is 0.480 e. The fourth-order valence-corrected chi connectivity index (χ4v) is 3.35. The number of carbonyl (C=O) groups excluding carboxylic acids is 2. The lowest BCUT2D eigenvalue weighted by Gasteiger charge is -2.37. The minimum atomic E-state index is -0.549. The van der Waals surface area contributed by atoms with Crippen molar-refractivity contribution in [1.29, 1.82) is 5.26 Å². The molecule has 0 spiro atoms. The summed E-state index contributed by atoms with van der Waals surface area (Å²) in [6.07, 6.45) is 1.20. The number of ether oxygens (including phenoxy) is 2. The third-order valence-corrected chi connectivity index (χ3v) is 4.86. The molecule has 9 nitrogen and oxygen atoms in total. The summed E-state index contributed by atoms with van der Waals surface area (Å²) in [5, 5.41) is 12.2. The molecule has 168 valence electrons. The van der Waals surface area contributed by atoms with Crippen molar-refractivity contribution >= 4 is 23.4 Å². The molecule has 1 saturated heterocycles. The highest BCUT2D eigenvalue weighted by molar-refractivity contribution is 6.07. The van der Waals surface area contributed by atoms with E-state index in [2.05, 4.69) is 21.3 Å². The summed E-state index contributed by atoms with van der Waals surface area (Å²) in [6.45, 7) is 7.60. The molecule has 1 fully saturated rings. The molecule has 0 unspecified atom stereocenters. The van der Waals surface area contributed by atoms with Gasteiger partial charge in [0.25, 0.3) is 5.91 Å². The van der Waals surface area contributed by atoms with Gasteiger partial charge in [-0.25, -0.2) is 9.78 Å². The van der Waals surface area contributed by atoms with Gasteiger partial charge in [0, 0.05) is 32.4 Å². The van der Waals surface area contributed by atoms with Crippen LogP contribution in [0.5, 0.6) is 5.88 Å². The first-order valence-corrected chi connectivity index (χ1v) is 10.3. The third kappa shape index (κ3) is 5.46. The number of aromatic nitrogens is 1. The van der Waals surface area contributed by atoms with Crippen molar-refractivity contribution in [3.05, 3.63) is 47.7 Å². The first-order chi connectivity index (χ1) is 15.2. The molecule has 2 aromatic rings. The molecule has 1 N–H and O–H groups in total. The first kappa shape index (κ1) is 22.9. The number of hydrogen-bond acceptors (Lipinski definition) is 7. The molecule has 1 aromatic carbocycles. The number of benzene rings is 1. The average molecular weight is 438 g/mol. The number of piperazine rings is 1. The van der Waals surface area contributed by atoms with Crippen molar-refractivity contribution in [2.45, 2.75) is 26.4 Å². The molecule has 3 rings (SSSR count). The molecule has 0 bridgehead atoms. The van der Waals surface area contributed by atoms with E-state index in [-0.39, 0.29) is 17.5 Å². The molecule has 9 heteroatoms. The Hall–Kier alpha value is -3.80. The number of amides is 2. The van der Waals surface area contributed by atoms with Gasteiger partial charge in [-0.05, 0) is 51.1 Å². The van der Waals surface area contributed by atoms with Crippen molar-refractivity contribution < 1.29 is 19.1 Å². The number of pyridine rings is 1. The first-order valence-electron chi connectivity index (χ1n) is 10.3. The molecular formula is C23H27N5O4. The molecular weight excluding hydrogens is 410 g/mol. The number of nitriles is 1. The minimum absolute atomic E-state index is 0.217. The Balaban J connectivity index is 1.78. The van der Waals surface area contributed by atoms with Gasteiger partial charge in [0.2, 0.25) is 5.88 Å². The van der Waals surface area contributed by atoms with Crippen LogP contribution >= 0.6 is 0 Å². The van der Waals surface area contributed by atoms with Crippen molar-refractivity contribution in [2.24, 2.45) is 0 Å². The highest BCUT2D eigenvalue weighted by Gasteiger charge is 2.27. The Labute approximate surface area is 187 Å². The molecule has 0 radical (unpaired) electrons. The van der Waals surface area contributed by atoms with Crippen LogP contribution in [-0.2, 0) is 4.74 Å². The molecule has 0 saturated carbocycles. The maximum atomic E-state index is 12.9. The lowest BCUT2D eigenvalue weighted by molar-refractivity contribution is 0.0240. The van der Waals surface area contributed by atoms with Crippen LogP contribution in [-0.4, -0.2) is 60.8 Å². The van der Waals surface area contributed by atoms with E-state index in [1.54, 1.807) is 41.4 Å². The van der Waals surface area contributed by atoms with Crippen molar-refractivity contribution in [3.63, 3.8) is 0 Å². The summed E-state index contributed by atoms with van der Waals surface area (Å²) in [6, 6.07) is 10.5. The highest BCUT2D eigenvalue weighted by Crippen LogP contribution is 2.29. The number of nitrogens with one attached hydrogen (secondary N) is 1. The minimum Gasteiger partial charge on any atom is -0.480 e. The number of rotatable bonds is 4. The van der Waals surface area contributed by atoms with Gasteiger partial charge in [0.1, 0.15) is 11.2 Å². The molecule has 1 aliphatic heterocycles. The second-order valence-corrected chi connectivity index (χ2v) is 8.31. The van der Waals surface area contributed by atoms with Gasteiger partial charge in [-0.2, -0.15) is 5.26 Å². The van der Waals surface area contributed by atoms with Crippen molar-refractivity contribution in [1.82, 2.24) is 9.88 Å². The summed E-state index contributed by atoms with van der Waals surface area (Å²) in [4.78, 5) is 33.0.